The van der Waals surface area contributed by atoms with Crippen LogP contribution in [0.4, 0.5) is 0 Å². The molecule has 1 saturated heterocycles. The van der Waals surface area contributed by atoms with Crippen molar-refractivity contribution in [3.8, 4) is 5.75 Å². The molecule has 1 aliphatic heterocycles. The van der Waals surface area contributed by atoms with Crippen molar-refractivity contribution >= 4 is 11.8 Å². The number of carbonyl (C=O) groups is 2. The summed E-state index contributed by atoms with van der Waals surface area (Å²) in [5.41, 5.74) is 0.957. The number of nitrogens with one attached hydrogen (secondary N) is 3. The SMILES string of the molecule is CCNC(=O)COc1cccc(CNC(=O)CC(C)C2CCCNC2)c1. The molecule has 0 aromatic heterocycles. The van der Waals surface area contributed by atoms with Crippen LogP contribution in [-0.4, -0.2) is 38.1 Å². The third kappa shape index (κ3) is 7.04. The summed E-state index contributed by atoms with van der Waals surface area (Å²) in [5.74, 6) is 1.54. The predicted molar refractivity (Wildman–Crippen MR) is 102 cm³/mol. The zero-order valence-corrected chi connectivity index (χ0v) is 15.8. The lowest BCUT2D eigenvalue weighted by Gasteiger charge is -2.28. The van der Waals surface area contributed by atoms with Gasteiger partial charge in [0.2, 0.25) is 5.91 Å². The normalized spacial score (nSPS) is 18.0. The Morgan fingerprint density at radius 2 is 2.15 bits per heavy atom. The number of ether oxygens (including phenoxy) is 1. The molecule has 1 fully saturated rings. The van der Waals surface area contributed by atoms with Gasteiger partial charge in [0.05, 0.1) is 0 Å². The standard InChI is InChI=1S/C20H31N3O3/c1-3-22-20(25)14-26-18-8-4-6-16(11-18)12-23-19(24)10-15(2)17-7-5-9-21-13-17/h4,6,8,11,15,17,21H,3,5,7,9-10,12-14H2,1-2H3,(H,22,25)(H,23,24). The Morgan fingerprint density at radius 3 is 2.88 bits per heavy atom. The smallest absolute Gasteiger partial charge is 0.257 e. The Balaban J connectivity index is 1.74. The van der Waals surface area contributed by atoms with Crippen molar-refractivity contribution in [3.63, 3.8) is 0 Å². The second-order valence-corrected chi connectivity index (χ2v) is 6.95. The van der Waals surface area contributed by atoms with Crippen LogP contribution < -0.4 is 20.7 Å². The summed E-state index contributed by atoms with van der Waals surface area (Å²) in [5, 5.41) is 9.08. The summed E-state index contributed by atoms with van der Waals surface area (Å²) >= 11 is 0. The first kappa shape index (κ1) is 20.2. The molecule has 0 aliphatic carbocycles. The molecule has 6 heteroatoms. The van der Waals surface area contributed by atoms with Gasteiger partial charge in [-0.2, -0.15) is 0 Å². The van der Waals surface area contributed by atoms with Crippen molar-refractivity contribution in [3.05, 3.63) is 29.8 Å². The molecule has 2 atom stereocenters. The molecule has 2 unspecified atom stereocenters. The van der Waals surface area contributed by atoms with Gasteiger partial charge in [0, 0.05) is 19.5 Å². The van der Waals surface area contributed by atoms with Gasteiger partial charge < -0.3 is 20.7 Å². The summed E-state index contributed by atoms with van der Waals surface area (Å²) in [6, 6.07) is 7.47. The first-order valence-electron chi connectivity index (χ1n) is 9.54. The van der Waals surface area contributed by atoms with E-state index in [2.05, 4.69) is 22.9 Å². The lowest BCUT2D eigenvalue weighted by molar-refractivity contribution is -0.123. The number of hydrogen-bond acceptors (Lipinski definition) is 4. The first-order chi connectivity index (χ1) is 12.6. The summed E-state index contributed by atoms with van der Waals surface area (Å²) in [6.45, 7) is 7.18. The fourth-order valence-corrected chi connectivity index (χ4v) is 3.24. The highest BCUT2D eigenvalue weighted by Gasteiger charge is 2.21. The van der Waals surface area contributed by atoms with Gasteiger partial charge in [-0.25, -0.2) is 0 Å². The molecular weight excluding hydrogens is 330 g/mol. The van der Waals surface area contributed by atoms with E-state index in [9.17, 15) is 9.59 Å². The van der Waals surface area contributed by atoms with Gasteiger partial charge in [0.1, 0.15) is 5.75 Å². The topological polar surface area (TPSA) is 79.5 Å². The number of piperidine rings is 1. The molecule has 3 N–H and O–H groups in total. The van der Waals surface area contributed by atoms with Gasteiger partial charge in [-0.3, -0.25) is 9.59 Å². The number of likely N-dealkylation sites (N-methyl/N-ethyl adjacent to an activating group) is 1. The number of carbonyl (C=O) groups excluding carboxylic acids is 2. The number of amides is 2. The Bertz CT molecular complexity index is 585. The van der Waals surface area contributed by atoms with E-state index in [-0.39, 0.29) is 18.4 Å². The summed E-state index contributed by atoms with van der Waals surface area (Å²) in [6.07, 6.45) is 2.95. The van der Waals surface area contributed by atoms with Gasteiger partial charge in [0.25, 0.3) is 5.91 Å². The maximum atomic E-state index is 12.2. The second-order valence-electron chi connectivity index (χ2n) is 6.95. The van der Waals surface area contributed by atoms with Crippen molar-refractivity contribution in [1.82, 2.24) is 16.0 Å². The van der Waals surface area contributed by atoms with Gasteiger partial charge in [0.15, 0.2) is 6.61 Å². The third-order valence-electron chi connectivity index (χ3n) is 4.78. The number of hydrogen-bond donors (Lipinski definition) is 3. The second kappa shape index (κ2) is 10.8. The van der Waals surface area contributed by atoms with E-state index in [1.807, 2.05) is 31.2 Å². The fraction of sp³-hybridized carbons (Fsp3) is 0.600. The van der Waals surface area contributed by atoms with E-state index < -0.39 is 0 Å². The molecule has 1 heterocycles. The summed E-state index contributed by atoms with van der Waals surface area (Å²) < 4.78 is 5.48. The van der Waals surface area contributed by atoms with Crippen LogP contribution in [0.1, 0.15) is 38.7 Å². The summed E-state index contributed by atoms with van der Waals surface area (Å²) in [7, 11) is 0. The van der Waals surface area contributed by atoms with Crippen molar-refractivity contribution < 1.29 is 14.3 Å². The third-order valence-corrected chi connectivity index (χ3v) is 4.78. The average molecular weight is 361 g/mol. The van der Waals surface area contributed by atoms with Crippen LogP contribution in [0.15, 0.2) is 24.3 Å². The molecular formula is C20H31N3O3. The van der Waals surface area contributed by atoms with E-state index in [0.717, 1.165) is 18.7 Å². The molecule has 144 valence electrons. The van der Waals surface area contributed by atoms with Crippen LogP contribution in [0.2, 0.25) is 0 Å². The minimum atomic E-state index is -0.141. The molecule has 2 amide bonds. The van der Waals surface area contributed by atoms with Crippen molar-refractivity contribution in [2.24, 2.45) is 11.8 Å². The number of rotatable bonds is 9. The minimum Gasteiger partial charge on any atom is -0.484 e. The van der Waals surface area contributed by atoms with E-state index >= 15 is 0 Å². The largest absolute Gasteiger partial charge is 0.484 e. The first-order valence-corrected chi connectivity index (χ1v) is 9.54. The fourth-order valence-electron chi connectivity index (χ4n) is 3.24. The maximum absolute atomic E-state index is 12.2. The molecule has 1 aromatic carbocycles. The Kier molecular flexibility index (Phi) is 8.41. The zero-order chi connectivity index (χ0) is 18.8. The van der Waals surface area contributed by atoms with Crippen LogP contribution >= 0.6 is 0 Å². The molecule has 0 saturated carbocycles. The van der Waals surface area contributed by atoms with Crippen LogP contribution in [0.25, 0.3) is 0 Å². The van der Waals surface area contributed by atoms with E-state index in [1.165, 1.54) is 12.8 Å². The van der Waals surface area contributed by atoms with Crippen LogP contribution in [0, 0.1) is 11.8 Å². The Labute approximate surface area is 156 Å². The average Bonchev–Trinajstić information content (AvgIpc) is 2.66. The predicted octanol–water partition coefficient (Wildman–Crippen LogP) is 1.84. The quantitative estimate of drug-likeness (QED) is 0.627. The van der Waals surface area contributed by atoms with Crippen molar-refractivity contribution in [1.29, 1.82) is 0 Å². The van der Waals surface area contributed by atoms with Gasteiger partial charge in [-0.15, -0.1) is 0 Å². The van der Waals surface area contributed by atoms with Gasteiger partial charge in [-0.05, 0) is 62.4 Å². The Hall–Kier alpha value is -2.08. The van der Waals surface area contributed by atoms with Crippen molar-refractivity contribution in [2.75, 3.05) is 26.2 Å². The van der Waals surface area contributed by atoms with Gasteiger partial charge in [-0.1, -0.05) is 19.1 Å². The van der Waals surface area contributed by atoms with Crippen LogP contribution in [0.3, 0.4) is 0 Å². The Morgan fingerprint density at radius 1 is 1.31 bits per heavy atom. The highest BCUT2D eigenvalue weighted by molar-refractivity contribution is 5.77. The molecule has 0 bridgehead atoms. The lowest BCUT2D eigenvalue weighted by atomic mass is 9.85. The highest BCUT2D eigenvalue weighted by atomic mass is 16.5. The van der Waals surface area contributed by atoms with Crippen molar-refractivity contribution in [2.45, 2.75) is 39.7 Å². The zero-order valence-electron chi connectivity index (χ0n) is 15.8. The molecule has 1 aromatic rings. The highest BCUT2D eigenvalue weighted by Crippen LogP contribution is 2.22. The molecule has 0 spiro atoms. The number of benzene rings is 1. The van der Waals surface area contributed by atoms with Gasteiger partial charge >= 0.3 is 0 Å². The molecule has 1 aliphatic rings. The minimum absolute atomic E-state index is 0.00338. The molecule has 26 heavy (non-hydrogen) atoms. The van der Waals surface area contributed by atoms with E-state index in [4.69, 9.17) is 4.74 Å². The lowest BCUT2D eigenvalue weighted by Crippen LogP contribution is -2.35. The van der Waals surface area contributed by atoms with Crippen LogP contribution in [-0.2, 0) is 16.1 Å². The maximum Gasteiger partial charge on any atom is 0.257 e. The molecule has 6 nitrogen and oxygen atoms in total. The van der Waals surface area contributed by atoms with E-state index in [0.29, 0.717) is 37.1 Å². The molecule has 2 rings (SSSR count). The summed E-state index contributed by atoms with van der Waals surface area (Å²) in [4.78, 5) is 23.7. The van der Waals surface area contributed by atoms with E-state index in [1.54, 1.807) is 0 Å². The monoisotopic (exact) mass is 361 g/mol. The van der Waals surface area contributed by atoms with Crippen LogP contribution in [0.5, 0.6) is 5.75 Å². The molecule has 0 radical (unpaired) electrons.